The first-order valence-electron chi connectivity index (χ1n) is 11.3. The van der Waals surface area contributed by atoms with Crippen LogP contribution < -0.4 is 14.2 Å². The Morgan fingerprint density at radius 2 is 1.55 bits per heavy atom. The van der Waals surface area contributed by atoms with E-state index in [4.69, 9.17) is 19.3 Å². The Bertz CT molecular complexity index is 1180. The Hall–Kier alpha value is -3.47. The van der Waals surface area contributed by atoms with Crippen molar-refractivity contribution in [3.05, 3.63) is 89.0 Å². The lowest BCUT2D eigenvalue weighted by Gasteiger charge is -2.38. The maximum Gasteiger partial charge on any atom is 0.213 e. The van der Waals surface area contributed by atoms with Crippen LogP contribution in [0.25, 0.3) is 0 Å². The second-order valence-corrected chi connectivity index (χ2v) is 9.62. The minimum Gasteiger partial charge on any atom is -0.497 e. The van der Waals surface area contributed by atoms with Crippen molar-refractivity contribution in [3.8, 4) is 17.2 Å². The van der Waals surface area contributed by atoms with Gasteiger partial charge in [0.15, 0.2) is 0 Å². The van der Waals surface area contributed by atoms with E-state index in [9.17, 15) is 0 Å². The van der Waals surface area contributed by atoms with Crippen molar-refractivity contribution in [1.29, 1.82) is 0 Å². The van der Waals surface area contributed by atoms with E-state index in [2.05, 4.69) is 68.2 Å². The maximum atomic E-state index is 6.52. The van der Waals surface area contributed by atoms with Crippen molar-refractivity contribution in [2.45, 2.75) is 44.9 Å². The molecule has 2 heterocycles. The van der Waals surface area contributed by atoms with Crippen LogP contribution in [0.5, 0.6) is 17.2 Å². The Balaban J connectivity index is 1.55. The molecule has 5 heteroatoms. The van der Waals surface area contributed by atoms with Crippen molar-refractivity contribution in [3.63, 3.8) is 0 Å². The second-order valence-electron chi connectivity index (χ2n) is 9.62. The largest absolute Gasteiger partial charge is 0.497 e. The number of benzene rings is 3. The van der Waals surface area contributed by atoms with Crippen LogP contribution in [0.15, 0.2) is 71.8 Å². The number of hydrogen-bond acceptors (Lipinski definition) is 5. The fraction of sp³-hybridized carbons (Fsp3) is 0.321. The Kier molecular flexibility index (Phi) is 5.28. The van der Waals surface area contributed by atoms with Crippen LogP contribution >= 0.6 is 0 Å². The number of hydrazone groups is 1. The Labute approximate surface area is 195 Å². The smallest absolute Gasteiger partial charge is 0.213 e. The fourth-order valence-electron chi connectivity index (χ4n) is 4.52. The van der Waals surface area contributed by atoms with E-state index in [1.54, 1.807) is 14.2 Å². The van der Waals surface area contributed by atoms with E-state index >= 15 is 0 Å². The van der Waals surface area contributed by atoms with Gasteiger partial charge >= 0.3 is 0 Å². The zero-order chi connectivity index (χ0) is 23.2. The van der Waals surface area contributed by atoms with Crippen molar-refractivity contribution in [1.82, 2.24) is 5.01 Å². The number of nitrogens with zero attached hydrogens (tertiary/aromatic N) is 2. The van der Waals surface area contributed by atoms with Gasteiger partial charge in [-0.25, -0.2) is 5.01 Å². The first-order valence-corrected chi connectivity index (χ1v) is 11.3. The van der Waals surface area contributed by atoms with Gasteiger partial charge in [0.05, 0.1) is 26.0 Å². The van der Waals surface area contributed by atoms with Gasteiger partial charge in [0.2, 0.25) is 6.23 Å². The molecule has 0 aliphatic carbocycles. The molecule has 0 bridgehead atoms. The molecule has 5 rings (SSSR count). The number of ether oxygens (including phenoxy) is 3. The lowest BCUT2D eigenvalue weighted by Crippen LogP contribution is -2.33. The molecule has 0 N–H and O–H groups in total. The highest BCUT2D eigenvalue weighted by Crippen LogP contribution is 2.48. The third kappa shape index (κ3) is 3.92. The number of methoxy groups -OCH3 is 2. The molecule has 3 aromatic rings. The van der Waals surface area contributed by atoms with Gasteiger partial charge in [0.25, 0.3) is 0 Å². The quantitative estimate of drug-likeness (QED) is 0.479. The summed E-state index contributed by atoms with van der Waals surface area (Å²) < 4.78 is 17.3. The summed E-state index contributed by atoms with van der Waals surface area (Å²) in [4.78, 5) is 0. The highest BCUT2D eigenvalue weighted by atomic mass is 16.5. The predicted octanol–water partition coefficient (Wildman–Crippen LogP) is 6.24. The monoisotopic (exact) mass is 442 g/mol. The molecule has 5 nitrogen and oxygen atoms in total. The van der Waals surface area contributed by atoms with E-state index in [0.29, 0.717) is 0 Å². The van der Waals surface area contributed by atoms with E-state index in [0.717, 1.165) is 46.1 Å². The van der Waals surface area contributed by atoms with Crippen LogP contribution in [0.3, 0.4) is 0 Å². The lowest BCUT2D eigenvalue weighted by atomic mass is 9.86. The molecule has 0 radical (unpaired) electrons. The van der Waals surface area contributed by atoms with Crippen LogP contribution in [0.4, 0.5) is 0 Å². The molecule has 2 aliphatic heterocycles. The molecule has 0 saturated carbocycles. The highest BCUT2D eigenvalue weighted by molar-refractivity contribution is 6.02. The first kappa shape index (κ1) is 21.4. The van der Waals surface area contributed by atoms with Crippen LogP contribution in [0.2, 0.25) is 0 Å². The minimum absolute atomic E-state index is 0.0771. The molecule has 2 aliphatic rings. The molecular weight excluding hydrogens is 412 g/mol. The van der Waals surface area contributed by atoms with Crippen LogP contribution in [-0.4, -0.2) is 24.9 Å². The normalized spacial score (nSPS) is 19.3. The summed E-state index contributed by atoms with van der Waals surface area (Å²) in [7, 11) is 3.37. The molecule has 0 unspecified atom stereocenters. The average Bonchev–Trinajstić information content (AvgIpc) is 3.28. The first-order chi connectivity index (χ1) is 15.9. The molecule has 0 aromatic heterocycles. The van der Waals surface area contributed by atoms with Crippen molar-refractivity contribution < 1.29 is 14.2 Å². The van der Waals surface area contributed by atoms with Gasteiger partial charge in [0.1, 0.15) is 17.2 Å². The number of fused-ring (bicyclic) bond motifs is 3. The average molecular weight is 443 g/mol. The molecule has 0 fully saturated rings. The fourth-order valence-corrected chi connectivity index (χ4v) is 4.52. The molecule has 3 aromatic carbocycles. The van der Waals surface area contributed by atoms with Crippen molar-refractivity contribution in [2.24, 2.45) is 5.10 Å². The minimum atomic E-state index is -0.291. The van der Waals surface area contributed by atoms with Crippen molar-refractivity contribution in [2.75, 3.05) is 14.2 Å². The summed E-state index contributed by atoms with van der Waals surface area (Å²) in [5.41, 5.74) is 5.73. The lowest BCUT2D eigenvalue weighted by molar-refractivity contribution is -0.0191. The molecule has 0 amide bonds. The van der Waals surface area contributed by atoms with Gasteiger partial charge < -0.3 is 14.2 Å². The number of rotatable bonds is 4. The van der Waals surface area contributed by atoms with Gasteiger partial charge in [-0.1, -0.05) is 45.0 Å². The van der Waals surface area contributed by atoms with E-state index in [1.807, 2.05) is 24.3 Å². The van der Waals surface area contributed by atoms with Gasteiger partial charge in [0, 0.05) is 17.5 Å². The molecule has 170 valence electrons. The van der Waals surface area contributed by atoms with Crippen LogP contribution in [0.1, 0.15) is 61.7 Å². The molecule has 2 atom stereocenters. The molecule has 0 spiro atoms. The summed E-state index contributed by atoms with van der Waals surface area (Å²) in [5, 5.41) is 7.17. The SMILES string of the molecule is COc1ccc(C2=NN3[C@H](C2)c2cc(OC)ccc2O[C@H]3c2ccc(C(C)(C)C)cc2)cc1. The highest BCUT2D eigenvalue weighted by Gasteiger charge is 2.41. The summed E-state index contributed by atoms with van der Waals surface area (Å²) in [5.74, 6) is 2.54. The van der Waals surface area contributed by atoms with E-state index in [1.165, 1.54) is 5.56 Å². The Morgan fingerprint density at radius 1 is 0.879 bits per heavy atom. The second kappa shape index (κ2) is 8.14. The standard InChI is InChI=1S/C28H30N2O3/c1-28(2,3)20-10-6-19(7-11-20)27-30-25(23-16-22(32-5)14-15-26(23)33-27)17-24(29-30)18-8-12-21(31-4)13-9-18/h6-16,25,27H,17H2,1-5H3/t25-,27+/m1/s1. The Morgan fingerprint density at radius 3 is 2.18 bits per heavy atom. The predicted molar refractivity (Wildman–Crippen MR) is 130 cm³/mol. The molecule has 33 heavy (non-hydrogen) atoms. The van der Waals surface area contributed by atoms with Gasteiger partial charge in [-0.3, -0.25) is 0 Å². The zero-order valence-electron chi connectivity index (χ0n) is 19.8. The van der Waals surface area contributed by atoms with E-state index < -0.39 is 0 Å². The maximum absolute atomic E-state index is 6.52. The van der Waals surface area contributed by atoms with Crippen LogP contribution in [0, 0.1) is 0 Å². The van der Waals surface area contributed by atoms with Crippen molar-refractivity contribution >= 4 is 5.71 Å². The third-order valence-corrected chi connectivity index (χ3v) is 6.48. The topological polar surface area (TPSA) is 43.3 Å². The van der Waals surface area contributed by atoms with Gasteiger partial charge in [-0.15, -0.1) is 0 Å². The summed E-state index contributed by atoms with van der Waals surface area (Å²) in [6, 6.07) is 22.9. The summed E-state index contributed by atoms with van der Waals surface area (Å²) in [6.45, 7) is 6.68. The summed E-state index contributed by atoms with van der Waals surface area (Å²) in [6.07, 6.45) is 0.507. The summed E-state index contributed by atoms with van der Waals surface area (Å²) >= 11 is 0. The third-order valence-electron chi connectivity index (χ3n) is 6.48. The number of hydrogen-bond donors (Lipinski definition) is 0. The van der Waals surface area contributed by atoms with Crippen LogP contribution in [-0.2, 0) is 5.41 Å². The van der Waals surface area contributed by atoms with Gasteiger partial charge in [-0.05, 0) is 59.0 Å². The zero-order valence-corrected chi connectivity index (χ0v) is 19.8. The van der Waals surface area contributed by atoms with Gasteiger partial charge in [-0.2, -0.15) is 5.10 Å². The van der Waals surface area contributed by atoms with E-state index in [-0.39, 0.29) is 17.7 Å². The molecular formula is C28H30N2O3. The molecule has 0 saturated heterocycles.